The molecular weight excluding hydrogens is 312 g/mol. The van der Waals surface area contributed by atoms with Crippen molar-refractivity contribution in [3.63, 3.8) is 0 Å². The average molecular weight is 342 g/mol. The number of hydrogen-bond acceptors (Lipinski definition) is 6. The number of aliphatic hydroxyl groups is 2. The van der Waals surface area contributed by atoms with E-state index in [2.05, 4.69) is 0 Å². The third-order valence-electron chi connectivity index (χ3n) is 3.26. The van der Waals surface area contributed by atoms with Gasteiger partial charge in [-0.05, 0) is 26.7 Å². The highest BCUT2D eigenvalue weighted by atomic mass is 16.5. The summed E-state index contributed by atoms with van der Waals surface area (Å²) in [6.45, 7) is 4.03. The molecule has 0 saturated carbocycles. The number of carbonyl (C=O) groups is 2. The van der Waals surface area contributed by atoms with E-state index < -0.39 is 11.9 Å². The summed E-state index contributed by atoms with van der Waals surface area (Å²) in [6.07, 6.45) is 8.81. The molecule has 0 fully saturated rings. The third kappa shape index (κ3) is 13.7. The molecule has 0 spiro atoms. The molecule has 0 aromatic rings. The lowest BCUT2D eigenvalue weighted by atomic mass is 10.1. The van der Waals surface area contributed by atoms with Crippen molar-refractivity contribution < 1.29 is 29.3 Å². The lowest BCUT2D eigenvalue weighted by Crippen LogP contribution is -2.01. The second-order valence-corrected chi connectivity index (χ2v) is 5.40. The van der Waals surface area contributed by atoms with Gasteiger partial charge in [0.15, 0.2) is 0 Å². The van der Waals surface area contributed by atoms with Crippen molar-refractivity contribution in [2.45, 2.75) is 65.2 Å². The summed E-state index contributed by atoms with van der Waals surface area (Å²) in [5, 5.41) is 19.1. The predicted molar refractivity (Wildman–Crippen MR) is 91.6 cm³/mol. The number of aliphatic hydroxyl groups excluding tert-OH is 2. The molecule has 6 heteroatoms. The van der Waals surface area contributed by atoms with Crippen molar-refractivity contribution >= 4 is 11.9 Å². The van der Waals surface area contributed by atoms with Crippen molar-refractivity contribution in [3.8, 4) is 0 Å². The largest absolute Gasteiger partial charge is 0.512 e. The van der Waals surface area contributed by atoms with E-state index >= 15 is 0 Å². The van der Waals surface area contributed by atoms with Gasteiger partial charge in [-0.25, -0.2) is 9.59 Å². The molecule has 0 rings (SSSR count). The fourth-order valence-corrected chi connectivity index (χ4v) is 2.10. The summed E-state index contributed by atoms with van der Waals surface area (Å²) in [6, 6.07) is 0. The molecule has 0 radical (unpaired) electrons. The lowest BCUT2D eigenvalue weighted by Gasteiger charge is -2.03. The lowest BCUT2D eigenvalue weighted by molar-refractivity contribution is -0.138. The number of carbonyl (C=O) groups excluding carboxylic acids is 2. The summed E-state index contributed by atoms with van der Waals surface area (Å²) in [7, 11) is 0. The Hall–Kier alpha value is -1.98. The van der Waals surface area contributed by atoms with Gasteiger partial charge in [0, 0.05) is 12.8 Å². The van der Waals surface area contributed by atoms with Gasteiger partial charge in [0.05, 0.1) is 36.9 Å². The Bertz CT molecular complexity index is 385. The number of unbranched alkanes of at least 4 members (excludes halogenated alkanes) is 5. The van der Waals surface area contributed by atoms with Gasteiger partial charge in [-0.15, -0.1) is 0 Å². The molecule has 0 saturated heterocycles. The second-order valence-electron chi connectivity index (χ2n) is 5.40. The van der Waals surface area contributed by atoms with E-state index in [9.17, 15) is 19.8 Å². The monoisotopic (exact) mass is 342 g/mol. The number of allylic oxidation sites excluding steroid dienone is 2. The van der Waals surface area contributed by atoms with Crippen molar-refractivity contribution in [2.75, 3.05) is 13.2 Å². The molecule has 24 heavy (non-hydrogen) atoms. The topological polar surface area (TPSA) is 93.1 Å². The highest BCUT2D eigenvalue weighted by Crippen LogP contribution is 2.13. The minimum atomic E-state index is -0.509. The second kappa shape index (κ2) is 14.6. The Balaban J connectivity index is 3.61. The molecule has 0 aromatic carbocycles. The van der Waals surface area contributed by atoms with Crippen LogP contribution in [-0.4, -0.2) is 35.4 Å². The molecule has 6 nitrogen and oxygen atoms in total. The maximum Gasteiger partial charge on any atom is 0.334 e. The third-order valence-corrected chi connectivity index (χ3v) is 3.26. The van der Waals surface area contributed by atoms with Crippen LogP contribution in [0.3, 0.4) is 0 Å². The molecule has 0 aromatic heterocycles. The molecule has 138 valence electrons. The SMILES string of the molecule is CCOC(=O)/C=C(\O)CCCCCCCC/C(O)=C/C(=O)OCC. The van der Waals surface area contributed by atoms with Crippen LogP contribution in [0.5, 0.6) is 0 Å². The van der Waals surface area contributed by atoms with Crippen LogP contribution in [0.2, 0.25) is 0 Å². The average Bonchev–Trinajstić information content (AvgIpc) is 2.50. The Morgan fingerprint density at radius 1 is 0.708 bits per heavy atom. The van der Waals surface area contributed by atoms with Crippen molar-refractivity contribution in [1.29, 1.82) is 0 Å². The van der Waals surface area contributed by atoms with Gasteiger partial charge in [0.25, 0.3) is 0 Å². The van der Waals surface area contributed by atoms with Gasteiger partial charge in [-0.3, -0.25) is 0 Å². The van der Waals surface area contributed by atoms with E-state index in [4.69, 9.17) is 9.47 Å². The minimum Gasteiger partial charge on any atom is -0.512 e. The zero-order valence-electron chi connectivity index (χ0n) is 14.8. The van der Waals surface area contributed by atoms with Gasteiger partial charge in [-0.1, -0.05) is 25.7 Å². The van der Waals surface area contributed by atoms with Crippen LogP contribution in [0.1, 0.15) is 65.2 Å². The Kier molecular flexibility index (Phi) is 13.4. The fourth-order valence-electron chi connectivity index (χ4n) is 2.10. The van der Waals surface area contributed by atoms with Gasteiger partial charge < -0.3 is 19.7 Å². The molecule has 0 unspecified atom stereocenters. The summed E-state index contributed by atoms with van der Waals surface area (Å²) in [5.41, 5.74) is 0. The molecule has 0 atom stereocenters. The van der Waals surface area contributed by atoms with E-state index in [1.165, 1.54) is 0 Å². The molecule has 0 heterocycles. The number of esters is 2. The molecule has 0 amide bonds. The zero-order chi connectivity index (χ0) is 18.2. The number of rotatable bonds is 13. The maximum atomic E-state index is 11.1. The Labute approximate surface area is 144 Å². The standard InChI is InChI=1S/C18H30O6/c1-3-23-17(21)13-15(19)11-9-7-5-6-8-10-12-16(20)14-18(22)24-4-2/h13-14,19-20H,3-12H2,1-2H3/b15-13-,16-14-. The van der Waals surface area contributed by atoms with Crippen LogP contribution >= 0.6 is 0 Å². The summed E-state index contributed by atoms with van der Waals surface area (Å²) in [4.78, 5) is 22.2. The number of ether oxygens (including phenoxy) is 2. The van der Waals surface area contributed by atoms with E-state index in [1.54, 1.807) is 13.8 Å². The van der Waals surface area contributed by atoms with Gasteiger partial charge >= 0.3 is 11.9 Å². The van der Waals surface area contributed by atoms with Gasteiger partial charge in [0.1, 0.15) is 0 Å². The molecule has 0 aliphatic rings. The first-order chi connectivity index (χ1) is 11.5. The number of hydrogen-bond donors (Lipinski definition) is 2. The van der Waals surface area contributed by atoms with E-state index in [1.807, 2.05) is 0 Å². The van der Waals surface area contributed by atoms with E-state index in [-0.39, 0.29) is 11.5 Å². The van der Waals surface area contributed by atoms with Gasteiger partial charge in [-0.2, -0.15) is 0 Å². The maximum absolute atomic E-state index is 11.1. The summed E-state index contributed by atoms with van der Waals surface area (Å²) in [5.74, 6) is -0.902. The first kappa shape index (κ1) is 22.0. The Morgan fingerprint density at radius 3 is 1.38 bits per heavy atom. The normalized spacial score (nSPS) is 12.1. The molecule has 2 N–H and O–H groups in total. The minimum absolute atomic E-state index is 0.0578. The van der Waals surface area contributed by atoms with Crippen molar-refractivity contribution in [3.05, 3.63) is 23.7 Å². The van der Waals surface area contributed by atoms with Crippen molar-refractivity contribution in [1.82, 2.24) is 0 Å². The molecular formula is C18H30O6. The molecule has 0 aliphatic carbocycles. The molecule has 0 bridgehead atoms. The first-order valence-electron chi connectivity index (χ1n) is 8.62. The predicted octanol–water partition coefficient (Wildman–Crippen LogP) is 4.12. The molecule has 0 aliphatic heterocycles. The Morgan fingerprint density at radius 2 is 1.04 bits per heavy atom. The highest BCUT2D eigenvalue weighted by molar-refractivity contribution is 5.82. The van der Waals surface area contributed by atoms with Crippen LogP contribution in [0.15, 0.2) is 23.7 Å². The highest BCUT2D eigenvalue weighted by Gasteiger charge is 2.02. The summed E-state index contributed by atoms with van der Waals surface area (Å²) < 4.78 is 9.42. The smallest absolute Gasteiger partial charge is 0.334 e. The van der Waals surface area contributed by atoms with Gasteiger partial charge in [0.2, 0.25) is 0 Å². The van der Waals surface area contributed by atoms with Crippen LogP contribution < -0.4 is 0 Å². The quantitative estimate of drug-likeness (QED) is 0.226. The van der Waals surface area contributed by atoms with Crippen LogP contribution in [0, 0.1) is 0 Å². The van der Waals surface area contributed by atoms with Crippen LogP contribution in [-0.2, 0) is 19.1 Å². The van der Waals surface area contributed by atoms with E-state index in [0.717, 1.165) is 50.7 Å². The van der Waals surface area contributed by atoms with E-state index in [0.29, 0.717) is 26.1 Å². The van der Waals surface area contributed by atoms with Crippen LogP contribution in [0.25, 0.3) is 0 Å². The zero-order valence-corrected chi connectivity index (χ0v) is 14.8. The van der Waals surface area contributed by atoms with Crippen LogP contribution in [0.4, 0.5) is 0 Å². The summed E-state index contributed by atoms with van der Waals surface area (Å²) >= 11 is 0. The van der Waals surface area contributed by atoms with Crippen molar-refractivity contribution in [2.24, 2.45) is 0 Å². The first-order valence-corrected chi connectivity index (χ1v) is 8.62. The fraction of sp³-hybridized carbons (Fsp3) is 0.667.